The van der Waals surface area contributed by atoms with Gasteiger partial charge in [0, 0.05) is 5.56 Å². The van der Waals surface area contributed by atoms with E-state index in [1.165, 1.54) is 6.21 Å². The molecule has 10 heteroatoms. The van der Waals surface area contributed by atoms with Crippen LogP contribution in [0.4, 0.5) is 0 Å². The summed E-state index contributed by atoms with van der Waals surface area (Å²) in [5.41, 5.74) is 4.49. The van der Waals surface area contributed by atoms with Gasteiger partial charge in [0.15, 0.2) is 18.1 Å². The molecule has 204 valence electrons. The van der Waals surface area contributed by atoms with E-state index in [2.05, 4.69) is 38.4 Å². The second-order valence-corrected chi connectivity index (χ2v) is 9.32. The lowest BCUT2D eigenvalue weighted by molar-refractivity contribution is -0.145. The smallest absolute Gasteiger partial charge is 0.344 e. The van der Waals surface area contributed by atoms with Crippen molar-refractivity contribution in [3.63, 3.8) is 0 Å². The van der Waals surface area contributed by atoms with Crippen LogP contribution in [0.25, 0.3) is 0 Å². The van der Waals surface area contributed by atoms with Crippen LogP contribution in [0.15, 0.2) is 77.9 Å². The highest BCUT2D eigenvalue weighted by atomic mass is 127. The monoisotopic (exact) mass is 643 g/mol. The minimum atomic E-state index is -0.546. The Bertz CT molecular complexity index is 1280. The van der Waals surface area contributed by atoms with Crippen molar-refractivity contribution in [3.8, 4) is 11.5 Å². The van der Waals surface area contributed by atoms with Gasteiger partial charge in [-0.15, -0.1) is 0 Å². The Hall–Kier alpha value is -3.93. The van der Waals surface area contributed by atoms with E-state index in [4.69, 9.17) is 14.2 Å². The fourth-order valence-corrected chi connectivity index (χ4v) is 4.36. The number of benzene rings is 3. The molecule has 2 amide bonds. The predicted molar refractivity (Wildman–Crippen MR) is 156 cm³/mol. The van der Waals surface area contributed by atoms with Crippen molar-refractivity contribution in [3.05, 3.63) is 93.1 Å². The largest absolute Gasteiger partial charge is 0.490 e. The lowest BCUT2D eigenvalue weighted by atomic mass is 10.0. The standard InChI is InChI=1S/C29H30IN3O6/c1-3-37-25-16-20(15-23(30)28(25)39-19-27(35)38-4-2)18-31-33-26(34)17-24(21-11-7-5-8-12-21)32-29(36)22-13-9-6-10-14-22/h5-16,18,24H,3-4,17,19H2,1-2H3,(H,32,36)(H,33,34)/b31-18-/t24-/m0/s1. The number of nitrogens with one attached hydrogen (secondary N) is 2. The van der Waals surface area contributed by atoms with Crippen molar-refractivity contribution in [2.75, 3.05) is 19.8 Å². The predicted octanol–water partition coefficient (Wildman–Crippen LogP) is 4.64. The minimum absolute atomic E-state index is 0.0116. The van der Waals surface area contributed by atoms with Crippen LogP contribution in [0.3, 0.4) is 0 Å². The Balaban J connectivity index is 1.67. The van der Waals surface area contributed by atoms with E-state index < -0.39 is 12.0 Å². The van der Waals surface area contributed by atoms with Gasteiger partial charge in [-0.1, -0.05) is 48.5 Å². The topological polar surface area (TPSA) is 115 Å². The van der Waals surface area contributed by atoms with Crippen LogP contribution in [0.1, 0.15) is 47.8 Å². The van der Waals surface area contributed by atoms with E-state index >= 15 is 0 Å². The SMILES string of the molecule is CCOC(=O)COc1c(I)cc(/C=N\NC(=O)C[C@H](NC(=O)c2ccccc2)c2ccccc2)cc1OCC. The highest BCUT2D eigenvalue weighted by molar-refractivity contribution is 14.1. The zero-order chi connectivity index (χ0) is 28.0. The molecular weight excluding hydrogens is 613 g/mol. The third-order valence-corrected chi connectivity index (χ3v) is 6.11. The molecule has 0 aliphatic rings. The molecule has 0 aliphatic carbocycles. The van der Waals surface area contributed by atoms with Crippen LogP contribution in [0.5, 0.6) is 11.5 Å². The number of carbonyl (C=O) groups excluding carboxylic acids is 3. The summed E-state index contributed by atoms with van der Waals surface area (Å²) in [6.45, 7) is 3.98. The first-order chi connectivity index (χ1) is 18.9. The van der Waals surface area contributed by atoms with Gasteiger partial charge in [-0.05, 0) is 71.8 Å². The molecule has 0 heterocycles. The summed E-state index contributed by atoms with van der Waals surface area (Å²) >= 11 is 2.08. The van der Waals surface area contributed by atoms with Crippen molar-refractivity contribution in [1.29, 1.82) is 0 Å². The van der Waals surface area contributed by atoms with Crippen LogP contribution < -0.4 is 20.2 Å². The number of hydrogen-bond acceptors (Lipinski definition) is 7. The molecule has 0 aromatic heterocycles. The van der Waals surface area contributed by atoms with Crippen molar-refractivity contribution < 1.29 is 28.6 Å². The fraction of sp³-hybridized carbons (Fsp3) is 0.241. The van der Waals surface area contributed by atoms with Crippen LogP contribution in [-0.2, 0) is 14.3 Å². The molecular formula is C29H30IN3O6. The first-order valence-electron chi connectivity index (χ1n) is 12.4. The lowest BCUT2D eigenvalue weighted by Gasteiger charge is -2.18. The first kappa shape index (κ1) is 29.6. The zero-order valence-corrected chi connectivity index (χ0v) is 23.8. The number of carbonyl (C=O) groups is 3. The Morgan fingerprint density at radius 2 is 1.64 bits per heavy atom. The molecule has 0 fully saturated rings. The van der Waals surface area contributed by atoms with Crippen LogP contribution >= 0.6 is 22.6 Å². The van der Waals surface area contributed by atoms with Gasteiger partial charge < -0.3 is 19.5 Å². The van der Waals surface area contributed by atoms with Crippen molar-refractivity contribution in [2.45, 2.75) is 26.3 Å². The number of ether oxygens (including phenoxy) is 3. The van der Waals surface area contributed by atoms with Crippen LogP contribution in [0.2, 0.25) is 0 Å². The maximum absolute atomic E-state index is 12.8. The van der Waals surface area contributed by atoms with Crippen LogP contribution in [0, 0.1) is 3.57 Å². The van der Waals surface area contributed by atoms with Gasteiger partial charge in [-0.3, -0.25) is 9.59 Å². The van der Waals surface area contributed by atoms with Gasteiger partial charge in [-0.25, -0.2) is 10.2 Å². The normalized spacial score (nSPS) is 11.5. The van der Waals surface area contributed by atoms with Gasteiger partial charge in [0.1, 0.15) is 0 Å². The Labute approximate surface area is 241 Å². The summed E-state index contributed by atoms with van der Waals surface area (Å²) in [7, 11) is 0. The number of rotatable bonds is 13. The van der Waals surface area contributed by atoms with Crippen LogP contribution in [-0.4, -0.2) is 43.8 Å². The molecule has 39 heavy (non-hydrogen) atoms. The molecule has 1 atom stereocenters. The van der Waals surface area contributed by atoms with Crippen molar-refractivity contribution in [2.24, 2.45) is 5.10 Å². The van der Waals surface area contributed by atoms with Crippen molar-refractivity contribution >= 4 is 46.6 Å². The number of halogens is 1. The molecule has 2 N–H and O–H groups in total. The fourth-order valence-electron chi connectivity index (χ4n) is 3.58. The molecule has 0 saturated heterocycles. The Morgan fingerprint density at radius 3 is 2.31 bits per heavy atom. The number of amides is 2. The average molecular weight is 643 g/mol. The van der Waals surface area contributed by atoms with Crippen molar-refractivity contribution in [1.82, 2.24) is 10.7 Å². The molecule has 3 aromatic rings. The first-order valence-corrected chi connectivity index (χ1v) is 13.5. The van der Waals surface area contributed by atoms with Gasteiger partial charge in [-0.2, -0.15) is 5.10 Å². The minimum Gasteiger partial charge on any atom is -0.490 e. The Kier molecular flexibility index (Phi) is 11.8. The van der Waals surface area contributed by atoms with Gasteiger partial charge in [0.05, 0.1) is 35.5 Å². The molecule has 9 nitrogen and oxygen atoms in total. The number of nitrogens with zero attached hydrogens (tertiary/aromatic N) is 1. The number of esters is 1. The molecule has 0 aliphatic heterocycles. The zero-order valence-electron chi connectivity index (χ0n) is 21.7. The molecule has 0 unspecified atom stereocenters. The highest BCUT2D eigenvalue weighted by Gasteiger charge is 2.19. The van der Waals surface area contributed by atoms with Gasteiger partial charge in [0.2, 0.25) is 5.91 Å². The second-order valence-electron chi connectivity index (χ2n) is 8.16. The summed E-state index contributed by atoms with van der Waals surface area (Å²) in [6, 6.07) is 21.1. The summed E-state index contributed by atoms with van der Waals surface area (Å²) in [6.07, 6.45) is 1.47. The average Bonchev–Trinajstić information content (AvgIpc) is 2.93. The molecule has 0 bridgehead atoms. The van der Waals surface area contributed by atoms with E-state index in [9.17, 15) is 14.4 Å². The number of hydrogen-bond donors (Lipinski definition) is 2. The van der Waals surface area contributed by atoms with E-state index in [1.807, 2.05) is 43.3 Å². The third-order valence-electron chi connectivity index (χ3n) is 5.31. The van der Waals surface area contributed by atoms with E-state index in [1.54, 1.807) is 43.3 Å². The Morgan fingerprint density at radius 1 is 0.949 bits per heavy atom. The summed E-state index contributed by atoms with van der Waals surface area (Å²) in [5, 5.41) is 7.02. The molecule has 0 saturated carbocycles. The summed E-state index contributed by atoms with van der Waals surface area (Å²) in [5.74, 6) is -0.259. The maximum Gasteiger partial charge on any atom is 0.344 e. The van der Waals surface area contributed by atoms with E-state index in [-0.39, 0.29) is 31.4 Å². The second kappa shape index (κ2) is 15.5. The lowest BCUT2D eigenvalue weighted by Crippen LogP contribution is -2.32. The molecule has 3 aromatic carbocycles. The number of hydrazone groups is 1. The summed E-state index contributed by atoms with van der Waals surface area (Å²) in [4.78, 5) is 37.2. The summed E-state index contributed by atoms with van der Waals surface area (Å²) < 4.78 is 16.9. The molecule has 3 rings (SSSR count). The van der Waals surface area contributed by atoms with E-state index in [0.717, 1.165) is 5.56 Å². The molecule has 0 spiro atoms. The van der Waals surface area contributed by atoms with E-state index in [0.29, 0.717) is 32.8 Å². The highest BCUT2D eigenvalue weighted by Crippen LogP contribution is 2.34. The molecule has 0 radical (unpaired) electrons. The maximum atomic E-state index is 12.8. The van der Waals surface area contributed by atoms with Gasteiger partial charge in [0.25, 0.3) is 5.91 Å². The quantitative estimate of drug-likeness (QED) is 0.121. The third kappa shape index (κ3) is 9.40. The van der Waals surface area contributed by atoms with Gasteiger partial charge >= 0.3 is 5.97 Å².